The second kappa shape index (κ2) is 6.02. The molecule has 1 aromatic heterocycles. The van der Waals surface area contributed by atoms with Crippen LogP contribution in [0, 0.1) is 6.92 Å². The average Bonchev–Trinajstić information content (AvgIpc) is 2.97. The summed E-state index contributed by atoms with van der Waals surface area (Å²) in [5.41, 5.74) is 3.71. The van der Waals surface area contributed by atoms with Crippen LogP contribution in [0.25, 0.3) is 0 Å². The van der Waals surface area contributed by atoms with Gasteiger partial charge in [0.15, 0.2) is 0 Å². The van der Waals surface area contributed by atoms with E-state index in [4.69, 9.17) is 0 Å². The van der Waals surface area contributed by atoms with E-state index < -0.39 is 0 Å². The zero-order valence-electron chi connectivity index (χ0n) is 12.6. The molecule has 3 heteroatoms. The van der Waals surface area contributed by atoms with E-state index in [1.54, 1.807) is 0 Å². The van der Waals surface area contributed by atoms with E-state index in [0.29, 0.717) is 6.42 Å². The summed E-state index contributed by atoms with van der Waals surface area (Å²) in [5.74, 6) is 0.252. The molecule has 1 aliphatic heterocycles. The topological polar surface area (TPSA) is 20.3 Å². The summed E-state index contributed by atoms with van der Waals surface area (Å²) in [7, 11) is 0. The normalized spacial score (nSPS) is 17.6. The van der Waals surface area contributed by atoms with Gasteiger partial charge in [0.25, 0.3) is 0 Å². The summed E-state index contributed by atoms with van der Waals surface area (Å²) >= 11 is 1.83. The smallest absolute Gasteiger partial charge is 0.227 e. The third kappa shape index (κ3) is 2.88. The van der Waals surface area contributed by atoms with E-state index in [2.05, 4.69) is 54.5 Å². The van der Waals surface area contributed by atoms with Crippen LogP contribution in [0.15, 0.2) is 35.7 Å². The van der Waals surface area contributed by atoms with Crippen molar-refractivity contribution >= 4 is 17.2 Å². The highest BCUT2D eigenvalue weighted by atomic mass is 32.1. The minimum atomic E-state index is 0.252. The Morgan fingerprint density at radius 3 is 2.76 bits per heavy atom. The molecule has 1 aliphatic rings. The molecule has 1 amide bonds. The van der Waals surface area contributed by atoms with Gasteiger partial charge in [-0.1, -0.05) is 36.8 Å². The highest BCUT2D eigenvalue weighted by Crippen LogP contribution is 2.35. The molecular formula is C18H21NOS. The minimum absolute atomic E-state index is 0.252. The van der Waals surface area contributed by atoms with Gasteiger partial charge in [-0.3, -0.25) is 4.79 Å². The Hall–Kier alpha value is -1.61. The molecule has 1 unspecified atom stereocenters. The molecule has 1 atom stereocenters. The van der Waals surface area contributed by atoms with Gasteiger partial charge in [0.1, 0.15) is 0 Å². The number of hydrogen-bond donors (Lipinski definition) is 0. The van der Waals surface area contributed by atoms with Gasteiger partial charge in [0, 0.05) is 11.4 Å². The highest BCUT2D eigenvalue weighted by Gasteiger charge is 2.29. The Morgan fingerprint density at radius 2 is 2.05 bits per heavy atom. The van der Waals surface area contributed by atoms with Crippen molar-refractivity contribution in [3.63, 3.8) is 0 Å². The van der Waals surface area contributed by atoms with Crippen LogP contribution in [0.1, 0.15) is 41.0 Å². The zero-order valence-corrected chi connectivity index (χ0v) is 13.5. The SMILES string of the molecule is CCC1c2ccsc2CCN1C(=O)Cc1ccc(C)cc1. The van der Waals surface area contributed by atoms with Crippen LogP contribution in [0.2, 0.25) is 0 Å². The van der Waals surface area contributed by atoms with E-state index in [9.17, 15) is 4.79 Å². The van der Waals surface area contributed by atoms with Crippen LogP contribution in [-0.2, 0) is 17.6 Å². The lowest BCUT2D eigenvalue weighted by atomic mass is 9.97. The molecule has 0 spiro atoms. The predicted molar refractivity (Wildman–Crippen MR) is 87.7 cm³/mol. The summed E-state index contributed by atoms with van der Waals surface area (Å²) in [6.07, 6.45) is 2.50. The Balaban J connectivity index is 1.77. The van der Waals surface area contributed by atoms with Gasteiger partial charge in [-0.05, 0) is 42.3 Å². The van der Waals surface area contributed by atoms with Crippen LogP contribution in [0.3, 0.4) is 0 Å². The third-order valence-electron chi connectivity index (χ3n) is 4.28. The lowest BCUT2D eigenvalue weighted by Gasteiger charge is -2.35. The quantitative estimate of drug-likeness (QED) is 0.834. The van der Waals surface area contributed by atoms with E-state index >= 15 is 0 Å². The van der Waals surface area contributed by atoms with Gasteiger partial charge in [-0.25, -0.2) is 0 Å². The first-order valence-electron chi connectivity index (χ1n) is 7.60. The van der Waals surface area contributed by atoms with Crippen molar-refractivity contribution in [2.24, 2.45) is 0 Å². The van der Waals surface area contributed by atoms with E-state index in [-0.39, 0.29) is 11.9 Å². The van der Waals surface area contributed by atoms with Crippen molar-refractivity contribution in [2.45, 2.75) is 39.2 Å². The largest absolute Gasteiger partial charge is 0.335 e. The second-order valence-corrected chi connectivity index (χ2v) is 6.72. The van der Waals surface area contributed by atoms with Crippen molar-refractivity contribution < 1.29 is 4.79 Å². The first kappa shape index (κ1) is 14.3. The van der Waals surface area contributed by atoms with E-state index in [1.807, 2.05) is 11.3 Å². The molecule has 2 aromatic rings. The van der Waals surface area contributed by atoms with Crippen LogP contribution in [-0.4, -0.2) is 17.4 Å². The van der Waals surface area contributed by atoms with Crippen LogP contribution in [0.4, 0.5) is 0 Å². The summed E-state index contributed by atoms with van der Waals surface area (Å²) in [5, 5.41) is 2.15. The van der Waals surface area contributed by atoms with Gasteiger partial charge >= 0.3 is 0 Å². The second-order valence-electron chi connectivity index (χ2n) is 5.72. The monoisotopic (exact) mass is 299 g/mol. The van der Waals surface area contributed by atoms with Gasteiger partial charge in [-0.15, -0.1) is 11.3 Å². The van der Waals surface area contributed by atoms with Crippen LogP contribution in [0.5, 0.6) is 0 Å². The number of rotatable bonds is 3. The number of hydrogen-bond acceptors (Lipinski definition) is 2. The minimum Gasteiger partial charge on any atom is -0.335 e. The molecule has 3 rings (SSSR count). The molecule has 0 N–H and O–H groups in total. The first-order valence-corrected chi connectivity index (χ1v) is 8.48. The fourth-order valence-electron chi connectivity index (χ4n) is 3.12. The fourth-order valence-corrected chi connectivity index (χ4v) is 4.05. The lowest BCUT2D eigenvalue weighted by Crippen LogP contribution is -2.40. The number of carbonyl (C=O) groups excluding carboxylic acids is 1. The van der Waals surface area contributed by atoms with Crippen molar-refractivity contribution in [1.29, 1.82) is 0 Å². The lowest BCUT2D eigenvalue weighted by molar-refractivity contribution is -0.133. The number of carbonyl (C=O) groups is 1. The maximum atomic E-state index is 12.7. The van der Waals surface area contributed by atoms with Crippen molar-refractivity contribution in [1.82, 2.24) is 4.90 Å². The van der Waals surface area contributed by atoms with Gasteiger partial charge in [0.2, 0.25) is 5.91 Å². The molecule has 2 nitrogen and oxygen atoms in total. The van der Waals surface area contributed by atoms with E-state index in [1.165, 1.54) is 16.0 Å². The van der Waals surface area contributed by atoms with Crippen molar-refractivity contribution in [3.05, 3.63) is 57.3 Å². The molecule has 2 heterocycles. The fraction of sp³-hybridized carbons (Fsp3) is 0.389. The maximum Gasteiger partial charge on any atom is 0.227 e. The molecule has 110 valence electrons. The number of aryl methyl sites for hydroxylation is 1. The number of amides is 1. The van der Waals surface area contributed by atoms with Gasteiger partial charge in [0.05, 0.1) is 12.5 Å². The van der Waals surface area contributed by atoms with E-state index in [0.717, 1.165) is 24.9 Å². The Morgan fingerprint density at radius 1 is 1.29 bits per heavy atom. The number of fused-ring (bicyclic) bond motifs is 1. The predicted octanol–water partition coefficient (Wildman–Crippen LogP) is 4.14. The van der Waals surface area contributed by atoms with Crippen LogP contribution < -0.4 is 0 Å². The Labute approximate surface area is 130 Å². The molecule has 0 aliphatic carbocycles. The number of benzene rings is 1. The molecule has 21 heavy (non-hydrogen) atoms. The molecule has 0 saturated heterocycles. The molecular weight excluding hydrogens is 278 g/mol. The molecule has 0 fully saturated rings. The maximum absolute atomic E-state index is 12.7. The molecule has 0 saturated carbocycles. The summed E-state index contributed by atoms with van der Waals surface area (Å²) < 4.78 is 0. The summed E-state index contributed by atoms with van der Waals surface area (Å²) in [4.78, 5) is 16.2. The molecule has 1 aromatic carbocycles. The van der Waals surface area contributed by atoms with Crippen molar-refractivity contribution in [2.75, 3.05) is 6.54 Å². The van der Waals surface area contributed by atoms with Gasteiger partial charge < -0.3 is 4.90 Å². The highest BCUT2D eigenvalue weighted by molar-refractivity contribution is 7.10. The zero-order chi connectivity index (χ0) is 14.8. The van der Waals surface area contributed by atoms with Crippen LogP contribution >= 0.6 is 11.3 Å². The summed E-state index contributed by atoms with van der Waals surface area (Å²) in [6, 6.07) is 10.7. The Bertz CT molecular complexity index is 629. The number of thiophene rings is 1. The molecule has 0 bridgehead atoms. The standard InChI is InChI=1S/C18H21NOS/c1-3-16-15-9-11-21-17(15)8-10-19(16)18(20)12-14-6-4-13(2)5-7-14/h4-7,9,11,16H,3,8,10,12H2,1-2H3. The van der Waals surface area contributed by atoms with Crippen molar-refractivity contribution in [3.8, 4) is 0 Å². The van der Waals surface area contributed by atoms with Gasteiger partial charge in [-0.2, -0.15) is 0 Å². The summed E-state index contributed by atoms with van der Waals surface area (Å²) in [6.45, 7) is 5.10. The average molecular weight is 299 g/mol. The number of nitrogens with zero attached hydrogens (tertiary/aromatic N) is 1. The molecule has 0 radical (unpaired) electrons. The third-order valence-corrected chi connectivity index (χ3v) is 5.27. The first-order chi connectivity index (χ1) is 10.2. The Kier molecular flexibility index (Phi) is 4.11.